The molecule has 0 amide bonds. The number of fused-ring (bicyclic) bond motifs is 3. The van der Waals surface area contributed by atoms with Crippen LogP contribution in [0.15, 0.2) is 120 Å². The lowest BCUT2D eigenvalue weighted by molar-refractivity contribution is -0.619. The molecule has 0 aliphatic carbocycles. The summed E-state index contributed by atoms with van der Waals surface area (Å²) in [6.45, 7) is 1.93. The Morgan fingerprint density at radius 3 is 2.11 bits per heavy atom. The largest absolute Gasteiger partial charge is 0.343 e. The lowest BCUT2D eigenvalue weighted by atomic mass is 9.97. The highest BCUT2D eigenvalue weighted by atomic mass is 32.2. The molecule has 2 aromatic heterocycles. The fourth-order valence-electron chi connectivity index (χ4n) is 5.12. The van der Waals surface area contributed by atoms with Gasteiger partial charge in [0.05, 0.1) is 27.8 Å². The van der Waals surface area contributed by atoms with Crippen LogP contribution in [-0.2, 0) is 23.5 Å². The van der Waals surface area contributed by atoms with Crippen LogP contribution in [0.2, 0.25) is 0 Å². The van der Waals surface area contributed by atoms with Crippen molar-refractivity contribution in [2.75, 3.05) is 0 Å². The molecular formula is C32H27N3O2S. The summed E-state index contributed by atoms with van der Waals surface area (Å²) >= 11 is 0. The van der Waals surface area contributed by atoms with Gasteiger partial charge in [-0.3, -0.25) is 0 Å². The maximum atomic E-state index is 13.6. The van der Waals surface area contributed by atoms with Crippen LogP contribution in [0.3, 0.4) is 0 Å². The van der Waals surface area contributed by atoms with Gasteiger partial charge in [-0.25, -0.2) is 13.1 Å². The zero-order chi connectivity index (χ0) is 26.3. The molecule has 2 heterocycles. The second-order valence-electron chi connectivity index (χ2n) is 9.53. The van der Waals surface area contributed by atoms with Crippen LogP contribution in [0.25, 0.3) is 37.8 Å². The monoisotopic (exact) mass is 517 g/mol. The fraction of sp³-hybridized carbons (Fsp3) is 0.0938. The van der Waals surface area contributed by atoms with E-state index in [2.05, 4.69) is 52.8 Å². The highest BCUT2D eigenvalue weighted by Gasteiger charge is 2.25. The molecule has 188 valence electrons. The van der Waals surface area contributed by atoms with Crippen molar-refractivity contribution in [3.05, 3.63) is 137 Å². The van der Waals surface area contributed by atoms with Crippen LogP contribution in [-0.4, -0.2) is 13.0 Å². The molecule has 0 saturated carbocycles. The maximum Gasteiger partial charge on any atom is 0.192 e. The van der Waals surface area contributed by atoms with Crippen LogP contribution >= 0.6 is 0 Å². The molecule has 0 spiro atoms. The van der Waals surface area contributed by atoms with Crippen LogP contribution < -0.4 is 4.68 Å². The Balaban J connectivity index is 1.68. The summed E-state index contributed by atoms with van der Waals surface area (Å²) in [6.07, 6.45) is 2.38. The zero-order valence-electron chi connectivity index (χ0n) is 21.2. The molecule has 6 heteroatoms. The van der Waals surface area contributed by atoms with Crippen molar-refractivity contribution in [1.29, 1.82) is 0 Å². The molecule has 0 N–H and O–H groups in total. The van der Waals surface area contributed by atoms with Crippen LogP contribution in [0.5, 0.6) is 0 Å². The SMILES string of the molecule is Cc1ccc(S(=O)(=O)[N-][n+]2cc3c4ccccc4n(C)c3c(-c3ccccc3)c2Cc2ccccc2)cc1. The maximum absolute atomic E-state index is 13.6. The second-order valence-corrected chi connectivity index (χ2v) is 11.1. The predicted molar refractivity (Wildman–Crippen MR) is 152 cm³/mol. The third kappa shape index (κ3) is 4.23. The van der Waals surface area contributed by atoms with Gasteiger partial charge < -0.3 is 9.40 Å². The average molecular weight is 518 g/mol. The van der Waals surface area contributed by atoms with Crippen molar-refractivity contribution >= 4 is 31.8 Å². The number of aromatic nitrogens is 2. The van der Waals surface area contributed by atoms with E-state index in [9.17, 15) is 8.42 Å². The zero-order valence-corrected chi connectivity index (χ0v) is 22.1. The number of benzene rings is 4. The minimum Gasteiger partial charge on any atom is -0.343 e. The minimum absolute atomic E-state index is 0.167. The van der Waals surface area contributed by atoms with Crippen molar-refractivity contribution in [3.63, 3.8) is 0 Å². The molecule has 5 nitrogen and oxygen atoms in total. The van der Waals surface area contributed by atoms with Crippen molar-refractivity contribution in [2.24, 2.45) is 7.05 Å². The number of pyridine rings is 1. The van der Waals surface area contributed by atoms with Crippen molar-refractivity contribution in [2.45, 2.75) is 18.2 Å². The summed E-state index contributed by atoms with van der Waals surface area (Å²) in [6, 6.07) is 35.2. The molecule has 0 atom stereocenters. The van der Waals surface area contributed by atoms with E-state index in [0.29, 0.717) is 6.42 Å². The van der Waals surface area contributed by atoms with E-state index in [1.54, 1.807) is 28.9 Å². The van der Waals surface area contributed by atoms with Crippen LogP contribution in [0.1, 0.15) is 16.8 Å². The third-order valence-electron chi connectivity index (χ3n) is 6.99. The van der Waals surface area contributed by atoms with E-state index < -0.39 is 10.0 Å². The predicted octanol–water partition coefficient (Wildman–Crippen LogP) is 6.71. The summed E-state index contributed by atoms with van der Waals surface area (Å²) in [4.78, 5) is 4.59. The minimum atomic E-state index is -3.98. The number of nitrogens with zero attached hydrogens (tertiary/aromatic N) is 3. The Labute approximate surface area is 222 Å². The van der Waals surface area contributed by atoms with Crippen molar-refractivity contribution < 1.29 is 13.1 Å². The van der Waals surface area contributed by atoms with Gasteiger partial charge in [0.1, 0.15) is 0 Å². The molecule has 0 fully saturated rings. The highest BCUT2D eigenvalue weighted by molar-refractivity contribution is 7.93. The van der Waals surface area contributed by atoms with E-state index in [1.807, 2.05) is 61.7 Å². The molecule has 0 bridgehead atoms. The van der Waals surface area contributed by atoms with E-state index in [0.717, 1.165) is 49.8 Å². The summed E-state index contributed by atoms with van der Waals surface area (Å²) < 4.78 is 30.9. The summed E-state index contributed by atoms with van der Waals surface area (Å²) in [5.74, 6) is 0. The molecule has 6 aromatic rings. The number of aryl methyl sites for hydroxylation is 2. The lowest BCUT2D eigenvalue weighted by Gasteiger charge is -2.21. The van der Waals surface area contributed by atoms with Crippen molar-refractivity contribution in [1.82, 2.24) is 4.57 Å². The van der Waals surface area contributed by atoms with E-state index in [1.165, 1.54) is 0 Å². The number of para-hydroxylation sites is 1. The lowest BCUT2D eigenvalue weighted by Crippen LogP contribution is -2.38. The molecular weight excluding hydrogens is 490 g/mol. The van der Waals surface area contributed by atoms with Crippen LogP contribution in [0, 0.1) is 6.92 Å². The molecule has 0 saturated heterocycles. The molecule has 6 rings (SSSR count). The Bertz CT molecular complexity index is 1880. The molecule has 4 aromatic carbocycles. The van der Waals surface area contributed by atoms with Gasteiger partial charge in [0.25, 0.3) is 0 Å². The van der Waals surface area contributed by atoms with Gasteiger partial charge in [-0.1, -0.05) is 96.6 Å². The Hall–Kier alpha value is -4.42. The third-order valence-corrected chi connectivity index (χ3v) is 8.25. The van der Waals surface area contributed by atoms with Crippen molar-refractivity contribution in [3.8, 4) is 11.1 Å². The number of hydrogen-bond donors (Lipinski definition) is 0. The van der Waals surface area contributed by atoms with Crippen LogP contribution in [0.4, 0.5) is 0 Å². The fourth-order valence-corrected chi connectivity index (χ4v) is 6.07. The average Bonchev–Trinajstić information content (AvgIpc) is 3.21. The first-order valence-corrected chi connectivity index (χ1v) is 14.0. The van der Waals surface area contributed by atoms with Gasteiger partial charge in [0.2, 0.25) is 0 Å². The van der Waals surface area contributed by atoms with Gasteiger partial charge in [-0.05, 0) is 36.2 Å². The van der Waals surface area contributed by atoms with Gasteiger partial charge >= 0.3 is 0 Å². The topological polar surface area (TPSA) is 57.1 Å². The molecule has 38 heavy (non-hydrogen) atoms. The molecule has 0 aliphatic rings. The van der Waals surface area contributed by atoms with Gasteiger partial charge in [-0.2, -0.15) is 0 Å². The van der Waals surface area contributed by atoms with Gasteiger partial charge in [-0.15, -0.1) is 0 Å². The number of hydrogen-bond acceptors (Lipinski definition) is 2. The summed E-state index contributed by atoms with van der Waals surface area (Å²) in [5.41, 5.74) is 6.95. The normalized spacial score (nSPS) is 11.7. The first kappa shape index (κ1) is 23.9. The van der Waals surface area contributed by atoms with Gasteiger partial charge in [0.15, 0.2) is 21.9 Å². The number of sulfonamides is 1. The summed E-state index contributed by atoms with van der Waals surface area (Å²) in [7, 11) is -1.91. The quantitative estimate of drug-likeness (QED) is 0.231. The molecule has 0 radical (unpaired) electrons. The highest BCUT2D eigenvalue weighted by Crippen LogP contribution is 2.37. The smallest absolute Gasteiger partial charge is 0.192 e. The molecule has 0 unspecified atom stereocenters. The first-order valence-electron chi connectivity index (χ1n) is 12.5. The molecule has 0 aliphatic heterocycles. The first-order chi connectivity index (χ1) is 18.4. The number of rotatable bonds is 6. The Morgan fingerprint density at radius 2 is 1.39 bits per heavy atom. The Morgan fingerprint density at radius 1 is 0.763 bits per heavy atom. The van der Waals surface area contributed by atoms with E-state index in [4.69, 9.17) is 0 Å². The second kappa shape index (κ2) is 9.47. The van der Waals surface area contributed by atoms with Gasteiger partial charge in [0, 0.05) is 18.0 Å². The standard InChI is InChI=1S/C32H27N3O2S/c1-23-17-19-26(20-18-23)38(36,37)33-35-22-28-27-15-9-10-16-29(27)34(2)32(28)31(25-13-7-4-8-14-25)30(35)21-24-11-5-3-6-12-24/h3-20,22H,21H2,1-2H3. The summed E-state index contributed by atoms with van der Waals surface area (Å²) in [5, 5.41) is 1.99. The van der Waals surface area contributed by atoms with E-state index >= 15 is 0 Å². The van der Waals surface area contributed by atoms with E-state index in [-0.39, 0.29) is 4.90 Å². The Kier molecular flexibility index (Phi) is 5.97.